The maximum absolute atomic E-state index is 10.7. The largest absolute Gasteiger partial charge is 0.494 e. The normalized spacial score (nSPS) is 25.2. The molecule has 3 rings (SSSR count). The van der Waals surface area contributed by atoms with Crippen molar-refractivity contribution in [1.82, 2.24) is 0 Å². The highest BCUT2D eigenvalue weighted by Gasteiger charge is 2.55. The van der Waals surface area contributed by atoms with Gasteiger partial charge in [0.2, 0.25) is 5.79 Å². The molecule has 5 N–H and O–H groups in total. The number of aliphatic hydroxyl groups excluding tert-OH is 5. The van der Waals surface area contributed by atoms with Crippen LogP contribution in [0, 0.1) is 11.8 Å². The van der Waals surface area contributed by atoms with E-state index in [1.807, 2.05) is 38.1 Å². The highest BCUT2D eigenvalue weighted by atomic mass is 35.5. The second-order valence-electron chi connectivity index (χ2n) is 8.06. The Morgan fingerprint density at radius 3 is 2.22 bits per heavy atom. The molecule has 0 radical (unpaired) electrons. The molecule has 1 aliphatic heterocycles. The van der Waals surface area contributed by atoms with Crippen molar-refractivity contribution in [2.75, 3.05) is 26.9 Å². The lowest BCUT2D eigenvalue weighted by Gasteiger charge is -2.47. The fourth-order valence-electron chi connectivity index (χ4n) is 3.86. The van der Waals surface area contributed by atoms with Crippen molar-refractivity contribution in [1.29, 1.82) is 0 Å². The van der Waals surface area contributed by atoms with E-state index in [-0.39, 0.29) is 6.61 Å². The van der Waals surface area contributed by atoms with Gasteiger partial charge in [0.25, 0.3) is 0 Å². The van der Waals surface area contributed by atoms with Crippen LogP contribution in [0.5, 0.6) is 5.75 Å². The molecule has 198 valence electrons. The molecule has 0 saturated carbocycles. The molecule has 1 aliphatic rings. The molecule has 2 aromatic rings. The van der Waals surface area contributed by atoms with E-state index < -0.39 is 36.8 Å². The van der Waals surface area contributed by atoms with Crippen molar-refractivity contribution in [3.8, 4) is 17.6 Å². The summed E-state index contributed by atoms with van der Waals surface area (Å²) in [4.78, 5) is 0. The molecule has 0 aliphatic carbocycles. The van der Waals surface area contributed by atoms with Gasteiger partial charge >= 0.3 is 0 Å². The Hall–Kier alpha value is -2.19. The van der Waals surface area contributed by atoms with Gasteiger partial charge in [0.15, 0.2) is 0 Å². The summed E-state index contributed by atoms with van der Waals surface area (Å²) >= 11 is 6.40. The smallest absolute Gasteiger partial charge is 0.224 e. The number of benzene rings is 2. The van der Waals surface area contributed by atoms with Gasteiger partial charge in [0.1, 0.15) is 36.8 Å². The molecule has 1 heterocycles. The molecule has 5 atom stereocenters. The molecule has 0 amide bonds. The lowest BCUT2D eigenvalue weighted by Crippen LogP contribution is -2.64. The summed E-state index contributed by atoms with van der Waals surface area (Å²) in [5.41, 5.74) is 2.16. The van der Waals surface area contributed by atoms with Gasteiger partial charge in [-0.1, -0.05) is 42.6 Å². The van der Waals surface area contributed by atoms with Gasteiger partial charge in [0, 0.05) is 24.1 Å². The molecule has 0 unspecified atom stereocenters. The Bertz CT molecular complexity index is 993. The third-order valence-electron chi connectivity index (χ3n) is 5.71. The Morgan fingerprint density at radius 1 is 1.00 bits per heavy atom. The van der Waals surface area contributed by atoms with Crippen LogP contribution in [0.25, 0.3) is 0 Å². The standard InChI is InChI=1S/C22H27ClO7.C5H8O/c1-3-29-16-7-4-13(5-8-16)10-14-11-15(6-9-17(14)23)22(28-2)21(27)20(26)19(25)18(12-24)30-22;1-2-3-4-5-6/h4-9,11,18-21,24-27H,3,10,12H2,1-2H3;6H,2,5H2,1H3/t18-,19-,20+,21-,22+;/m1./s1. The van der Waals surface area contributed by atoms with E-state index in [9.17, 15) is 20.4 Å². The van der Waals surface area contributed by atoms with Crippen LogP contribution in [-0.4, -0.2) is 76.9 Å². The predicted octanol–water partition coefficient (Wildman–Crippen LogP) is 1.99. The Morgan fingerprint density at radius 2 is 1.69 bits per heavy atom. The summed E-state index contributed by atoms with van der Waals surface area (Å²) in [7, 11) is 1.32. The Labute approximate surface area is 217 Å². The number of hydrogen-bond acceptors (Lipinski definition) is 8. The number of ether oxygens (including phenoxy) is 3. The average molecular weight is 523 g/mol. The van der Waals surface area contributed by atoms with Crippen LogP contribution in [-0.2, 0) is 21.7 Å². The number of rotatable bonds is 7. The topological polar surface area (TPSA) is 129 Å². The van der Waals surface area contributed by atoms with Crippen LogP contribution in [0.15, 0.2) is 42.5 Å². The quantitative estimate of drug-likeness (QED) is 0.349. The molecule has 0 spiro atoms. The van der Waals surface area contributed by atoms with E-state index in [0.29, 0.717) is 23.6 Å². The van der Waals surface area contributed by atoms with Crippen LogP contribution in [0.2, 0.25) is 5.02 Å². The van der Waals surface area contributed by atoms with Crippen molar-refractivity contribution >= 4 is 11.6 Å². The molecule has 1 fully saturated rings. The molecule has 0 aromatic heterocycles. The molecular weight excluding hydrogens is 488 g/mol. The SMILES string of the molecule is CCC#CCO.CCOc1ccc(Cc2cc([C@]3(OC)O[C@H](CO)[C@@H](O)[C@H](O)[C@H]3O)ccc2Cl)cc1. The summed E-state index contributed by atoms with van der Waals surface area (Å²) in [6.07, 6.45) is -4.40. The van der Waals surface area contributed by atoms with E-state index in [2.05, 4.69) is 11.8 Å². The predicted molar refractivity (Wildman–Crippen MR) is 136 cm³/mol. The molecule has 8 nitrogen and oxygen atoms in total. The number of methoxy groups -OCH3 is 1. The zero-order chi connectivity index (χ0) is 26.7. The number of halogens is 1. The van der Waals surface area contributed by atoms with Crippen molar-refractivity contribution in [2.24, 2.45) is 0 Å². The maximum Gasteiger partial charge on any atom is 0.224 e. The van der Waals surface area contributed by atoms with Gasteiger partial charge in [-0.15, -0.1) is 5.92 Å². The highest BCUT2D eigenvalue weighted by Crippen LogP contribution is 2.40. The van der Waals surface area contributed by atoms with Gasteiger partial charge in [-0.2, -0.15) is 0 Å². The van der Waals surface area contributed by atoms with Crippen molar-refractivity contribution in [3.05, 3.63) is 64.2 Å². The van der Waals surface area contributed by atoms with Gasteiger partial charge in [0.05, 0.1) is 13.2 Å². The fourth-order valence-corrected chi connectivity index (χ4v) is 4.05. The van der Waals surface area contributed by atoms with Gasteiger partial charge in [-0.05, 0) is 48.7 Å². The summed E-state index contributed by atoms with van der Waals surface area (Å²) in [5, 5.41) is 49.1. The first-order valence-electron chi connectivity index (χ1n) is 11.7. The van der Waals surface area contributed by atoms with Gasteiger partial charge < -0.3 is 39.7 Å². The monoisotopic (exact) mass is 522 g/mol. The van der Waals surface area contributed by atoms with E-state index >= 15 is 0 Å². The molecule has 2 aromatic carbocycles. The molecule has 36 heavy (non-hydrogen) atoms. The van der Waals surface area contributed by atoms with Crippen LogP contribution >= 0.6 is 11.6 Å². The Kier molecular flexibility index (Phi) is 12.1. The minimum Gasteiger partial charge on any atom is -0.494 e. The minimum atomic E-state index is -1.77. The lowest BCUT2D eigenvalue weighted by molar-refractivity contribution is -0.366. The van der Waals surface area contributed by atoms with E-state index in [1.54, 1.807) is 18.2 Å². The molecule has 0 bridgehead atoms. The zero-order valence-electron chi connectivity index (χ0n) is 20.7. The molecule has 1 saturated heterocycles. The van der Waals surface area contributed by atoms with Gasteiger partial charge in [-0.25, -0.2) is 0 Å². The first kappa shape index (κ1) is 30.0. The lowest BCUT2D eigenvalue weighted by atomic mass is 9.87. The Balaban J connectivity index is 0.000000678. The van der Waals surface area contributed by atoms with Crippen LogP contribution in [0.3, 0.4) is 0 Å². The summed E-state index contributed by atoms with van der Waals surface area (Å²) in [6.45, 7) is 3.90. The zero-order valence-corrected chi connectivity index (χ0v) is 21.5. The summed E-state index contributed by atoms with van der Waals surface area (Å²) in [6, 6.07) is 12.6. The second kappa shape index (κ2) is 14.5. The van der Waals surface area contributed by atoms with Crippen molar-refractivity contribution in [3.63, 3.8) is 0 Å². The molecule has 9 heteroatoms. The van der Waals surface area contributed by atoms with E-state index in [0.717, 1.165) is 23.3 Å². The highest BCUT2D eigenvalue weighted by molar-refractivity contribution is 6.31. The third kappa shape index (κ3) is 7.19. The maximum atomic E-state index is 10.7. The third-order valence-corrected chi connectivity index (χ3v) is 6.08. The number of aliphatic hydroxyl groups is 5. The first-order valence-corrected chi connectivity index (χ1v) is 12.1. The summed E-state index contributed by atoms with van der Waals surface area (Å²) in [5.74, 6) is 4.21. The van der Waals surface area contributed by atoms with E-state index in [1.165, 1.54) is 7.11 Å². The fraction of sp³-hybridized carbons (Fsp3) is 0.481. The number of hydrogen-bond donors (Lipinski definition) is 5. The van der Waals surface area contributed by atoms with E-state index in [4.69, 9.17) is 30.9 Å². The second-order valence-corrected chi connectivity index (χ2v) is 8.47. The van der Waals surface area contributed by atoms with Crippen LogP contribution < -0.4 is 4.74 Å². The average Bonchev–Trinajstić information content (AvgIpc) is 2.89. The van der Waals surface area contributed by atoms with Crippen molar-refractivity contribution in [2.45, 2.75) is 56.9 Å². The van der Waals surface area contributed by atoms with Crippen LogP contribution in [0.1, 0.15) is 37.0 Å². The first-order chi connectivity index (χ1) is 17.3. The van der Waals surface area contributed by atoms with Crippen molar-refractivity contribution < 1.29 is 39.7 Å². The summed E-state index contributed by atoms with van der Waals surface area (Å²) < 4.78 is 16.7. The molecular formula is C27H35ClO8. The minimum absolute atomic E-state index is 0.00611. The van der Waals surface area contributed by atoms with Crippen LogP contribution in [0.4, 0.5) is 0 Å². The van der Waals surface area contributed by atoms with Gasteiger partial charge in [-0.3, -0.25) is 0 Å².